The summed E-state index contributed by atoms with van der Waals surface area (Å²) in [6, 6.07) is 5.68. The molecule has 2 heterocycles. The van der Waals surface area contributed by atoms with Crippen LogP contribution in [0, 0.1) is 5.82 Å². The summed E-state index contributed by atoms with van der Waals surface area (Å²) >= 11 is 0. The summed E-state index contributed by atoms with van der Waals surface area (Å²) in [5.74, 6) is -1.82. The molecule has 25 heavy (non-hydrogen) atoms. The Kier molecular flexibility index (Phi) is 4.71. The average Bonchev–Trinajstić information content (AvgIpc) is 2.80. The standard InChI is InChI=1S/C17H21FN4O3/c1-12(2)22-16(24)15(23)21(17(22)25)11-19-7-9-20(10-8-19)14-6-4-3-5-13(14)18/h3-6,12H,7-11H2,1-2H3. The molecule has 0 N–H and O–H groups in total. The van der Waals surface area contributed by atoms with Crippen molar-refractivity contribution < 1.29 is 18.8 Å². The van der Waals surface area contributed by atoms with Gasteiger partial charge in [-0.2, -0.15) is 0 Å². The van der Waals surface area contributed by atoms with E-state index >= 15 is 0 Å². The molecule has 134 valence electrons. The highest BCUT2D eigenvalue weighted by atomic mass is 19.1. The van der Waals surface area contributed by atoms with Crippen molar-refractivity contribution in [3.8, 4) is 0 Å². The smallest absolute Gasteiger partial charge is 0.335 e. The van der Waals surface area contributed by atoms with Crippen LogP contribution >= 0.6 is 0 Å². The van der Waals surface area contributed by atoms with Gasteiger partial charge in [0.1, 0.15) is 5.82 Å². The van der Waals surface area contributed by atoms with Gasteiger partial charge in [-0.3, -0.25) is 19.4 Å². The van der Waals surface area contributed by atoms with Crippen LogP contribution in [0.4, 0.5) is 14.9 Å². The first-order chi connectivity index (χ1) is 11.9. The Bertz CT molecular complexity index is 701. The summed E-state index contributed by atoms with van der Waals surface area (Å²) in [6.45, 7) is 5.78. The first-order valence-corrected chi connectivity index (χ1v) is 8.31. The van der Waals surface area contributed by atoms with Crippen LogP contribution in [0.2, 0.25) is 0 Å². The number of anilines is 1. The zero-order chi connectivity index (χ0) is 18.1. The Morgan fingerprint density at radius 2 is 1.64 bits per heavy atom. The molecule has 2 saturated heterocycles. The zero-order valence-corrected chi connectivity index (χ0v) is 14.3. The number of urea groups is 1. The van der Waals surface area contributed by atoms with E-state index in [2.05, 4.69) is 0 Å². The van der Waals surface area contributed by atoms with Crippen molar-refractivity contribution in [2.75, 3.05) is 37.7 Å². The van der Waals surface area contributed by atoms with Gasteiger partial charge in [0.25, 0.3) is 0 Å². The normalized spacial score (nSPS) is 19.5. The number of hydrogen-bond acceptors (Lipinski definition) is 5. The number of carbonyl (C=O) groups excluding carboxylic acids is 3. The van der Waals surface area contributed by atoms with Gasteiger partial charge in [0.2, 0.25) is 0 Å². The fraction of sp³-hybridized carbons (Fsp3) is 0.471. The SMILES string of the molecule is CC(C)N1C(=O)C(=O)N(CN2CCN(c3ccccc3F)CC2)C1=O. The Labute approximate surface area is 145 Å². The van der Waals surface area contributed by atoms with Gasteiger partial charge in [-0.15, -0.1) is 0 Å². The molecule has 2 aliphatic rings. The number of piperazine rings is 1. The highest BCUT2D eigenvalue weighted by molar-refractivity contribution is 6.44. The van der Waals surface area contributed by atoms with Crippen molar-refractivity contribution >= 4 is 23.5 Å². The monoisotopic (exact) mass is 348 g/mol. The third-order valence-corrected chi connectivity index (χ3v) is 4.51. The summed E-state index contributed by atoms with van der Waals surface area (Å²) in [5, 5.41) is 0. The number of amides is 4. The highest BCUT2D eigenvalue weighted by Gasteiger charge is 2.46. The van der Waals surface area contributed by atoms with Crippen LogP contribution in [0.1, 0.15) is 13.8 Å². The maximum absolute atomic E-state index is 13.9. The van der Waals surface area contributed by atoms with E-state index in [1.807, 2.05) is 9.80 Å². The number of halogens is 1. The molecule has 0 bridgehead atoms. The minimum absolute atomic E-state index is 0.0811. The minimum atomic E-state index is -0.782. The van der Waals surface area contributed by atoms with Crippen molar-refractivity contribution in [3.05, 3.63) is 30.1 Å². The topological polar surface area (TPSA) is 64.2 Å². The predicted octanol–water partition coefficient (Wildman–Crippen LogP) is 1.10. The Balaban J connectivity index is 1.61. The van der Waals surface area contributed by atoms with Crippen molar-refractivity contribution in [1.29, 1.82) is 0 Å². The van der Waals surface area contributed by atoms with Crippen molar-refractivity contribution in [1.82, 2.24) is 14.7 Å². The second kappa shape index (κ2) is 6.79. The van der Waals surface area contributed by atoms with E-state index in [0.717, 1.165) is 9.80 Å². The van der Waals surface area contributed by atoms with Crippen LogP contribution in [0.15, 0.2) is 24.3 Å². The second-order valence-electron chi connectivity index (χ2n) is 6.48. The highest BCUT2D eigenvalue weighted by Crippen LogP contribution is 2.21. The lowest BCUT2D eigenvalue weighted by Crippen LogP contribution is -2.51. The Morgan fingerprint density at radius 3 is 2.20 bits per heavy atom. The molecule has 2 aliphatic heterocycles. The Hall–Kier alpha value is -2.48. The molecule has 0 spiro atoms. The first-order valence-electron chi connectivity index (χ1n) is 8.31. The van der Waals surface area contributed by atoms with Crippen LogP contribution in [0.3, 0.4) is 0 Å². The second-order valence-corrected chi connectivity index (χ2v) is 6.48. The van der Waals surface area contributed by atoms with E-state index in [1.54, 1.807) is 32.0 Å². The molecule has 0 saturated carbocycles. The number of hydrogen-bond donors (Lipinski definition) is 0. The summed E-state index contributed by atoms with van der Waals surface area (Å²) in [4.78, 5) is 42.1. The van der Waals surface area contributed by atoms with E-state index < -0.39 is 17.8 Å². The zero-order valence-electron chi connectivity index (χ0n) is 14.3. The molecule has 0 unspecified atom stereocenters. The molecule has 8 heteroatoms. The van der Waals surface area contributed by atoms with Crippen LogP contribution in [0.5, 0.6) is 0 Å². The van der Waals surface area contributed by atoms with Crippen LogP contribution < -0.4 is 4.90 Å². The number of para-hydroxylation sites is 1. The number of carbonyl (C=O) groups is 3. The molecule has 0 atom stereocenters. The average molecular weight is 348 g/mol. The lowest BCUT2D eigenvalue weighted by atomic mass is 10.2. The minimum Gasteiger partial charge on any atom is -0.367 e. The summed E-state index contributed by atoms with van der Waals surface area (Å²) in [7, 11) is 0. The van der Waals surface area contributed by atoms with E-state index in [-0.39, 0.29) is 18.5 Å². The fourth-order valence-corrected chi connectivity index (χ4v) is 3.14. The van der Waals surface area contributed by atoms with Crippen molar-refractivity contribution in [2.24, 2.45) is 0 Å². The third-order valence-electron chi connectivity index (χ3n) is 4.51. The molecule has 0 radical (unpaired) electrons. The summed E-state index contributed by atoms with van der Waals surface area (Å²) in [6.07, 6.45) is 0. The van der Waals surface area contributed by atoms with Gasteiger partial charge < -0.3 is 4.90 Å². The molecule has 1 aromatic rings. The van der Waals surface area contributed by atoms with Crippen molar-refractivity contribution in [2.45, 2.75) is 19.9 Å². The molecular weight excluding hydrogens is 327 g/mol. The summed E-state index contributed by atoms with van der Waals surface area (Å²) in [5.41, 5.74) is 0.552. The van der Waals surface area contributed by atoms with E-state index in [1.165, 1.54) is 6.07 Å². The molecule has 1 aromatic carbocycles. The first kappa shape index (κ1) is 17.3. The van der Waals surface area contributed by atoms with E-state index in [9.17, 15) is 18.8 Å². The number of nitrogens with zero attached hydrogens (tertiary/aromatic N) is 4. The molecular formula is C17H21FN4O3. The van der Waals surface area contributed by atoms with E-state index in [4.69, 9.17) is 0 Å². The summed E-state index contributed by atoms with van der Waals surface area (Å²) < 4.78 is 13.9. The van der Waals surface area contributed by atoms with Crippen LogP contribution in [0.25, 0.3) is 0 Å². The van der Waals surface area contributed by atoms with Crippen LogP contribution in [-0.2, 0) is 9.59 Å². The fourth-order valence-electron chi connectivity index (χ4n) is 3.14. The number of imide groups is 2. The molecule has 0 aromatic heterocycles. The van der Waals surface area contributed by atoms with Gasteiger partial charge in [-0.05, 0) is 26.0 Å². The molecule has 4 amide bonds. The van der Waals surface area contributed by atoms with Gasteiger partial charge in [0.15, 0.2) is 0 Å². The van der Waals surface area contributed by atoms with Gasteiger partial charge in [-0.25, -0.2) is 14.1 Å². The third kappa shape index (κ3) is 3.21. The molecule has 0 aliphatic carbocycles. The Morgan fingerprint density at radius 1 is 1.00 bits per heavy atom. The van der Waals surface area contributed by atoms with Gasteiger partial charge in [0, 0.05) is 32.2 Å². The maximum atomic E-state index is 13.9. The molecule has 2 fully saturated rings. The molecule has 7 nitrogen and oxygen atoms in total. The molecule has 3 rings (SSSR count). The van der Waals surface area contributed by atoms with Gasteiger partial charge >= 0.3 is 17.8 Å². The van der Waals surface area contributed by atoms with Gasteiger partial charge in [0.05, 0.1) is 12.4 Å². The number of benzene rings is 1. The lowest BCUT2D eigenvalue weighted by molar-refractivity contribution is -0.144. The number of rotatable bonds is 4. The van der Waals surface area contributed by atoms with Crippen molar-refractivity contribution in [3.63, 3.8) is 0 Å². The van der Waals surface area contributed by atoms with Crippen LogP contribution in [-0.4, -0.2) is 71.4 Å². The predicted molar refractivity (Wildman–Crippen MR) is 89.3 cm³/mol. The maximum Gasteiger partial charge on any atom is 0.335 e. The largest absolute Gasteiger partial charge is 0.367 e. The quantitative estimate of drug-likeness (QED) is 0.602. The van der Waals surface area contributed by atoms with Gasteiger partial charge in [-0.1, -0.05) is 12.1 Å². The van der Waals surface area contributed by atoms with E-state index in [0.29, 0.717) is 31.9 Å². The lowest BCUT2D eigenvalue weighted by Gasteiger charge is -2.37.